The summed E-state index contributed by atoms with van der Waals surface area (Å²) in [6.45, 7) is 0. The summed E-state index contributed by atoms with van der Waals surface area (Å²) in [6.07, 6.45) is 0. The Morgan fingerprint density at radius 1 is 0.487 bits per heavy atom. The summed E-state index contributed by atoms with van der Waals surface area (Å²) in [4.78, 5) is 0. The van der Waals surface area contributed by atoms with Crippen LogP contribution in [0.2, 0.25) is 0 Å². The fourth-order valence-electron chi connectivity index (χ4n) is 5.15. The van der Waals surface area contributed by atoms with Crippen molar-refractivity contribution < 1.29 is 25.6 Å². The van der Waals surface area contributed by atoms with Crippen LogP contribution in [0.25, 0.3) is 32.3 Å². The van der Waals surface area contributed by atoms with Crippen molar-refractivity contribution in [1.29, 1.82) is 0 Å². The van der Waals surface area contributed by atoms with E-state index in [1.165, 1.54) is 0 Å². The summed E-state index contributed by atoms with van der Waals surface area (Å²) in [7, 11) is -10.1. The van der Waals surface area contributed by atoms with E-state index >= 15 is 0 Å². The Morgan fingerprint density at radius 2 is 0.795 bits per heavy atom. The molecule has 3 nitrogen and oxygen atoms in total. The number of alkyl halides is 3. The standard InChI is InChI=1S/C31H21F3O3PS/c32-31(33,34)39(35,36)37-38(28-19-7-13-22-10-1-4-16-25(22)28,29-20-8-14-23-11-2-5-17-26(23)29)30-21-9-15-24-12-3-6-18-27(24)30/h1-21H/q+1. The molecule has 0 spiro atoms. The number of fused-ring (bicyclic) bond motifs is 3. The molecule has 0 aliphatic heterocycles. The molecule has 6 aromatic carbocycles. The van der Waals surface area contributed by atoms with Crippen LogP contribution in [-0.4, -0.2) is 13.9 Å². The lowest BCUT2D eigenvalue weighted by Gasteiger charge is -2.28. The maximum atomic E-state index is 14.2. The quantitative estimate of drug-likeness (QED) is 0.165. The molecule has 0 fully saturated rings. The first-order valence-electron chi connectivity index (χ1n) is 12.1. The van der Waals surface area contributed by atoms with Gasteiger partial charge in [-0.2, -0.15) is 21.6 Å². The molecule has 0 radical (unpaired) electrons. The summed E-state index contributed by atoms with van der Waals surface area (Å²) in [5.41, 5.74) is -5.63. The van der Waals surface area contributed by atoms with Crippen molar-refractivity contribution in [3.05, 3.63) is 127 Å². The SMILES string of the molecule is O=S(=O)(O[P+](c1cccc2ccccc12)(c1cccc2ccccc12)c1cccc2ccccc12)C(F)(F)F. The van der Waals surface area contributed by atoms with Gasteiger partial charge in [-0.15, -0.1) is 0 Å². The fraction of sp³-hybridized carbons (Fsp3) is 0.0323. The lowest BCUT2D eigenvalue weighted by Crippen LogP contribution is -2.38. The summed E-state index contributed by atoms with van der Waals surface area (Å²) in [5, 5.41) is 5.29. The minimum absolute atomic E-state index is 0.390. The third-order valence-corrected chi connectivity index (χ3v) is 12.3. The van der Waals surface area contributed by atoms with Crippen LogP contribution in [0.4, 0.5) is 13.2 Å². The second kappa shape index (κ2) is 9.45. The van der Waals surface area contributed by atoms with E-state index in [0.29, 0.717) is 32.1 Å². The molecular weight excluding hydrogens is 540 g/mol. The van der Waals surface area contributed by atoms with E-state index in [1.807, 2.05) is 54.6 Å². The van der Waals surface area contributed by atoms with Crippen LogP contribution in [0.1, 0.15) is 0 Å². The molecule has 194 valence electrons. The number of hydrogen-bond donors (Lipinski definition) is 0. The fourth-order valence-corrected chi connectivity index (χ4v) is 10.9. The summed E-state index contributed by atoms with van der Waals surface area (Å²) in [6, 6.07) is 37.5. The van der Waals surface area contributed by atoms with Gasteiger partial charge >= 0.3 is 15.6 Å². The van der Waals surface area contributed by atoms with Crippen LogP contribution in [0.3, 0.4) is 0 Å². The van der Waals surface area contributed by atoms with Crippen molar-refractivity contribution in [3.63, 3.8) is 0 Å². The zero-order valence-corrected chi connectivity index (χ0v) is 22.0. The first-order valence-corrected chi connectivity index (χ1v) is 15.2. The highest BCUT2D eigenvalue weighted by Gasteiger charge is 2.61. The molecule has 0 saturated heterocycles. The predicted octanol–water partition coefficient (Wildman–Crippen LogP) is 7.22. The van der Waals surface area contributed by atoms with Gasteiger partial charge < -0.3 is 0 Å². The largest absolute Gasteiger partial charge is 0.526 e. The lowest BCUT2D eigenvalue weighted by atomic mass is 10.1. The van der Waals surface area contributed by atoms with Crippen LogP contribution < -0.4 is 15.9 Å². The lowest BCUT2D eigenvalue weighted by molar-refractivity contribution is -0.0496. The smallest absolute Gasteiger partial charge is 0.186 e. The van der Waals surface area contributed by atoms with Crippen LogP contribution in [-0.2, 0) is 14.1 Å². The van der Waals surface area contributed by atoms with E-state index in [1.54, 1.807) is 72.8 Å². The minimum Gasteiger partial charge on any atom is -0.186 e. The van der Waals surface area contributed by atoms with E-state index < -0.39 is 23.1 Å². The highest BCUT2D eigenvalue weighted by atomic mass is 32.2. The van der Waals surface area contributed by atoms with Gasteiger partial charge in [-0.05, 0) is 34.4 Å². The number of halogens is 3. The molecule has 0 unspecified atom stereocenters. The molecule has 0 aromatic heterocycles. The summed E-state index contributed by atoms with van der Waals surface area (Å²) < 4.78 is 74.4. The molecule has 6 aromatic rings. The van der Waals surface area contributed by atoms with Gasteiger partial charge in [-0.3, -0.25) is 0 Å². The number of rotatable bonds is 5. The number of benzene rings is 6. The Bertz CT molecular complexity index is 1760. The van der Waals surface area contributed by atoms with E-state index in [0.717, 1.165) is 16.2 Å². The Morgan fingerprint density at radius 3 is 1.13 bits per heavy atom. The molecule has 8 heteroatoms. The maximum absolute atomic E-state index is 14.2. The highest BCUT2D eigenvalue weighted by molar-refractivity contribution is 8.02. The van der Waals surface area contributed by atoms with Gasteiger partial charge in [0.25, 0.3) is 7.49 Å². The third-order valence-electron chi connectivity index (χ3n) is 6.81. The molecule has 0 amide bonds. The first-order chi connectivity index (χ1) is 18.7. The van der Waals surface area contributed by atoms with Crippen molar-refractivity contribution >= 4 is 65.8 Å². The van der Waals surface area contributed by atoms with E-state index in [2.05, 4.69) is 0 Å². The van der Waals surface area contributed by atoms with Crippen molar-refractivity contribution in [2.24, 2.45) is 0 Å². The summed E-state index contributed by atoms with van der Waals surface area (Å²) >= 11 is 0. The van der Waals surface area contributed by atoms with Gasteiger partial charge in [0.1, 0.15) is 15.9 Å². The molecule has 0 aliphatic rings. The monoisotopic (exact) mass is 561 g/mol. The second-order valence-electron chi connectivity index (χ2n) is 9.08. The van der Waals surface area contributed by atoms with Crippen LogP contribution in [0, 0.1) is 0 Å². The molecule has 0 heterocycles. The van der Waals surface area contributed by atoms with Crippen LogP contribution in [0.5, 0.6) is 0 Å². The maximum Gasteiger partial charge on any atom is 0.526 e. The average molecular weight is 562 g/mol. The minimum atomic E-state index is -6.06. The van der Waals surface area contributed by atoms with Gasteiger partial charge in [0.15, 0.2) is 0 Å². The molecule has 39 heavy (non-hydrogen) atoms. The zero-order chi connectivity index (χ0) is 27.3. The van der Waals surface area contributed by atoms with E-state index in [9.17, 15) is 21.6 Å². The van der Waals surface area contributed by atoms with Gasteiger partial charge in [-0.25, -0.2) is 0 Å². The topological polar surface area (TPSA) is 43.4 Å². The molecule has 0 atom stereocenters. The van der Waals surface area contributed by atoms with Crippen LogP contribution >= 0.6 is 7.49 Å². The van der Waals surface area contributed by atoms with E-state index in [4.69, 9.17) is 3.97 Å². The van der Waals surface area contributed by atoms with Crippen molar-refractivity contribution in [3.8, 4) is 0 Å². The Balaban J connectivity index is 1.89. The molecule has 6 rings (SSSR count). The molecule has 0 saturated carbocycles. The number of hydrogen-bond acceptors (Lipinski definition) is 3. The van der Waals surface area contributed by atoms with Gasteiger partial charge in [-0.1, -0.05) is 113 Å². The Hall–Kier alpha value is -3.77. The van der Waals surface area contributed by atoms with Crippen LogP contribution in [0.15, 0.2) is 127 Å². The van der Waals surface area contributed by atoms with Gasteiger partial charge in [0.2, 0.25) is 0 Å². The van der Waals surface area contributed by atoms with Crippen molar-refractivity contribution in [2.75, 3.05) is 0 Å². The highest BCUT2D eigenvalue weighted by Crippen LogP contribution is 2.62. The normalized spacial score (nSPS) is 12.8. The predicted molar refractivity (Wildman–Crippen MR) is 154 cm³/mol. The van der Waals surface area contributed by atoms with Crippen molar-refractivity contribution in [2.45, 2.75) is 5.51 Å². The second-order valence-corrected chi connectivity index (χ2v) is 13.7. The third kappa shape index (κ3) is 4.18. The molecular formula is C31H21F3O3PS+. The summed E-state index contributed by atoms with van der Waals surface area (Å²) in [5.74, 6) is 0. The van der Waals surface area contributed by atoms with Gasteiger partial charge in [0.05, 0.1) is 0 Å². The van der Waals surface area contributed by atoms with E-state index in [-0.39, 0.29) is 0 Å². The Labute approximate surface area is 224 Å². The zero-order valence-electron chi connectivity index (χ0n) is 20.3. The molecule has 0 aliphatic carbocycles. The van der Waals surface area contributed by atoms with Crippen molar-refractivity contribution in [1.82, 2.24) is 0 Å². The molecule has 0 bridgehead atoms. The van der Waals surface area contributed by atoms with Gasteiger partial charge in [0, 0.05) is 16.2 Å². The Kier molecular flexibility index (Phi) is 6.18. The molecule has 0 N–H and O–H groups in total. The first kappa shape index (κ1) is 25.5. The average Bonchev–Trinajstić information content (AvgIpc) is 2.94.